The summed E-state index contributed by atoms with van der Waals surface area (Å²) >= 11 is 0. The monoisotopic (exact) mass is 1530 g/mol. The summed E-state index contributed by atoms with van der Waals surface area (Å²) in [6, 6.07) is 0. The van der Waals surface area contributed by atoms with Gasteiger partial charge in [0.1, 0.15) is 19.3 Å². The van der Waals surface area contributed by atoms with Crippen LogP contribution in [0.3, 0.4) is 0 Å². The number of carbonyl (C=O) groups is 4. The van der Waals surface area contributed by atoms with E-state index in [-0.39, 0.29) is 25.7 Å². The van der Waals surface area contributed by atoms with Crippen molar-refractivity contribution in [3.05, 3.63) is 24.3 Å². The van der Waals surface area contributed by atoms with Crippen LogP contribution < -0.4 is 0 Å². The molecule has 0 amide bonds. The Bertz CT molecular complexity index is 2110. The first-order valence-corrected chi connectivity index (χ1v) is 46.8. The molecule has 0 aliphatic rings. The van der Waals surface area contributed by atoms with Gasteiger partial charge in [-0.25, -0.2) is 9.13 Å². The first kappa shape index (κ1) is 103. The van der Waals surface area contributed by atoms with Crippen molar-refractivity contribution in [3.63, 3.8) is 0 Å². The number of ether oxygens (including phenoxy) is 4. The number of hydrogen-bond acceptors (Lipinski definition) is 15. The van der Waals surface area contributed by atoms with Crippen LogP contribution in [0.4, 0.5) is 0 Å². The Balaban J connectivity index is 5.26. The van der Waals surface area contributed by atoms with E-state index in [1.807, 2.05) is 0 Å². The Labute approximate surface area is 643 Å². The quantitative estimate of drug-likeness (QED) is 0.0169. The fourth-order valence-electron chi connectivity index (χ4n) is 12.8. The Kier molecular flexibility index (Phi) is 75.1. The lowest BCUT2D eigenvalue weighted by molar-refractivity contribution is -0.161. The second-order valence-corrected chi connectivity index (χ2v) is 33.9. The van der Waals surface area contributed by atoms with E-state index in [1.165, 1.54) is 238 Å². The molecule has 0 aliphatic heterocycles. The van der Waals surface area contributed by atoms with Crippen LogP contribution in [-0.4, -0.2) is 96.7 Å². The molecule has 0 saturated carbocycles. The number of aliphatic hydroxyl groups is 1. The molecule has 0 fully saturated rings. The summed E-state index contributed by atoms with van der Waals surface area (Å²) in [7, 11) is -9.94. The molecule has 6 atom stereocenters. The van der Waals surface area contributed by atoms with Gasteiger partial charge < -0.3 is 33.8 Å². The minimum atomic E-state index is -4.97. The number of phosphoric ester groups is 2. The zero-order valence-corrected chi connectivity index (χ0v) is 70.3. The van der Waals surface area contributed by atoms with Crippen molar-refractivity contribution in [2.24, 2.45) is 11.8 Å². The molecule has 0 aromatic rings. The number of rotatable bonds is 83. The van der Waals surface area contributed by atoms with E-state index in [0.717, 1.165) is 115 Å². The summed E-state index contributed by atoms with van der Waals surface area (Å²) < 4.78 is 68.8. The largest absolute Gasteiger partial charge is 0.472 e. The van der Waals surface area contributed by atoms with Gasteiger partial charge in [-0.05, 0) is 63.2 Å². The van der Waals surface area contributed by atoms with Crippen LogP contribution in [0.2, 0.25) is 0 Å². The second kappa shape index (κ2) is 76.9. The maximum atomic E-state index is 13.1. The van der Waals surface area contributed by atoms with Crippen molar-refractivity contribution in [1.82, 2.24) is 0 Å². The number of carbonyl (C=O) groups excluding carboxylic acids is 4. The van der Waals surface area contributed by atoms with Gasteiger partial charge in [-0.3, -0.25) is 37.3 Å². The molecular formula is C86H164O17P2. The summed E-state index contributed by atoms with van der Waals surface area (Å²) in [4.78, 5) is 73.2. The average molecular weight is 1530 g/mol. The van der Waals surface area contributed by atoms with Gasteiger partial charge in [0.05, 0.1) is 26.4 Å². The van der Waals surface area contributed by atoms with E-state index in [2.05, 4.69) is 65.8 Å². The van der Waals surface area contributed by atoms with Crippen LogP contribution in [0.15, 0.2) is 24.3 Å². The van der Waals surface area contributed by atoms with Gasteiger partial charge in [0.15, 0.2) is 12.2 Å². The standard InChI is InChI=1S/C86H164O17P2/c1-7-10-12-14-16-18-20-21-26-34-40-46-52-58-64-70-85(90)102-81(74-96-83(88)68-62-56-50-44-36-19-17-15-13-11-8-2)76-100-104(92,93)98-72-80(87)73-99-105(94,95)101-77-82(75-97-84(89)69-63-57-51-45-39-33-30-29-31-37-42-48-54-60-66-78(4)5)103-86(91)71-65-59-53-47-41-35-28-25-23-22-24-27-32-38-43-49-55-61-67-79(6)9-3/h18,20-21,26,78-82,87H,7-17,19,22-25,27-77H2,1-6H3,(H,92,93)(H,94,95)/b20-18-,26-21-/t79?,80-,81+,82+/m0/s1. The van der Waals surface area contributed by atoms with Crippen molar-refractivity contribution in [1.29, 1.82) is 0 Å². The summed E-state index contributed by atoms with van der Waals surface area (Å²) in [6.45, 7) is 9.69. The highest BCUT2D eigenvalue weighted by Gasteiger charge is 2.30. The lowest BCUT2D eigenvalue weighted by Gasteiger charge is -2.21. The highest BCUT2D eigenvalue weighted by molar-refractivity contribution is 7.47. The molecule has 19 heteroatoms. The molecule has 620 valence electrons. The lowest BCUT2D eigenvalue weighted by Crippen LogP contribution is -2.30. The number of allylic oxidation sites excluding steroid dienone is 4. The van der Waals surface area contributed by atoms with Gasteiger partial charge in [0.2, 0.25) is 0 Å². The maximum absolute atomic E-state index is 13.1. The fraction of sp³-hybridized carbons (Fsp3) is 0.907. The molecule has 0 aromatic carbocycles. The Hall–Kier alpha value is -2.46. The molecule has 0 rings (SSSR count). The van der Waals surface area contributed by atoms with E-state index >= 15 is 0 Å². The van der Waals surface area contributed by atoms with Crippen LogP contribution in [0, 0.1) is 11.8 Å². The average Bonchev–Trinajstić information content (AvgIpc) is 0.943. The first-order chi connectivity index (χ1) is 50.9. The molecule has 0 aromatic heterocycles. The molecule has 0 saturated heterocycles. The lowest BCUT2D eigenvalue weighted by atomic mass is 9.99. The highest BCUT2D eigenvalue weighted by Crippen LogP contribution is 2.45. The van der Waals surface area contributed by atoms with Crippen LogP contribution in [0.1, 0.15) is 433 Å². The summed E-state index contributed by atoms with van der Waals surface area (Å²) in [6.07, 6.45) is 71.5. The third kappa shape index (κ3) is 78.0. The minimum Gasteiger partial charge on any atom is -0.462 e. The van der Waals surface area contributed by atoms with E-state index in [1.54, 1.807) is 0 Å². The summed E-state index contributed by atoms with van der Waals surface area (Å²) in [5.41, 5.74) is 0. The summed E-state index contributed by atoms with van der Waals surface area (Å²) in [5.74, 6) is -0.464. The number of phosphoric acid groups is 2. The minimum absolute atomic E-state index is 0.0855. The zero-order valence-electron chi connectivity index (χ0n) is 68.5. The first-order valence-electron chi connectivity index (χ1n) is 43.8. The van der Waals surface area contributed by atoms with Crippen LogP contribution in [0.5, 0.6) is 0 Å². The topological polar surface area (TPSA) is 237 Å². The molecule has 0 heterocycles. The van der Waals surface area contributed by atoms with Crippen molar-refractivity contribution in [2.75, 3.05) is 39.6 Å². The van der Waals surface area contributed by atoms with Crippen molar-refractivity contribution >= 4 is 39.5 Å². The molecule has 3 N–H and O–H groups in total. The van der Waals surface area contributed by atoms with Crippen LogP contribution >= 0.6 is 15.6 Å². The predicted octanol–water partition coefficient (Wildman–Crippen LogP) is 25.8. The molecule has 0 radical (unpaired) electrons. The summed E-state index contributed by atoms with van der Waals surface area (Å²) in [5, 5.41) is 10.7. The molecule has 3 unspecified atom stereocenters. The number of unbranched alkanes of at least 4 members (excludes halogenated alkanes) is 49. The third-order valence-corrected chi connectivity index (χ3v) is 21.8. The molecule has 17 nitrogen and oxygen atoms in total. The van der Waals surface area contributed by atoms with E-state index < -0.39 is 97.5 Å². The SMILES string of the molecule is CCCCCC/C=C\C=C/CCCCCCCC(=O)O[C@H](COC(=O)CCCCCCCCCCCCC)COP(=O)(O)OC[C@H](O)COP(=O)(O)OC[C@@H](COC(=O)CCCCCCCCCCCCCCCCC(C)C)OC(=O)CCCCCCCCCCCCCCCCCCCCC(C)CC. The van der Waals surface area contributed by atoms with E-state index in [4.69, 9.17) is 37.0 Å². The molecule has 0 aliphatic carbocycles. The predicted molar refractivity (Wildman–Crippen MR) is 432 cm³/mol. The Morgan fingerprint density at radius 2 is 0.562 bits per heavy atom. The fourth-order valence-corrected chi connectivity index (χ4v) is 14.4. The smallest absolute Gasteiger partial charge is 0.462 e. The van der Waals surface area contributed by atoms with E-state index in [9.17, 15) is 43.2 Å². The number of esters is 4. The van der Waals surface area contributed by atoms with Gasteiger partial charge in [-0.15, -0.1) is 0 Å². The second-order valence-electron chi connectivity index (χ2n) is 31.0. The Morgan fingerprint density at radius 3 is 0.857 bits per heavy atom. The molecule has 0 spiro atoms. The zero-order chi connectivity index (χ0) is 77.1. The van der Waals surface area contributed by atoms with E-state index in [0.29, 0.717) is 25.7 Å². The van der Waals surface area contributed by atoms with Crippen molar-refractivity contribution in [3.8, 4) is 0 Å². The maximum Gasteiger partial charge on any atom is 0.472 e. The van der Waals surface area contributed by atoms with Gasteiger partial charge in [-0.1, -0.05) is 380 Å². The van der Waals surface area contributed by atoms with Gasteiger partial charge in [-0.2, -0.15) is 0 Å². The van der Waals surface area contributed by atoms with Crippen LogP contribution in [-0.2, 0) is 65.4 Å². The third-order valence-electron chi connectivity index (χ3n) is 19.9. The molecule has 105 heavy (non-hydrogen) atoms. The van der Waals surface area contributed by atoms with Gasteiger partial charge in [0.25, 0.3) is 0 Å². The van der Waals surface area contributed by atoms with Gasteiger partial charge in [0, 0.05) is 25.7 Å². The normalized spacial score (nSPS) is 14.2. The highest BCUT2D eigenvalue weighted by atomic mass is 31.2. The molecular weight excluding hydrogens is 1370 g/mol. The van der Waals surface area contributed by atoms with Gasteiger partial charge >= 0.3 is 39.5 Å². The number of hydrogen-bond donors (Lipinski definition) is 3. The number of aliphatic hydroxyl groups excluding tert-OH is 1. The van der Waals surface area contributed by atoms with Crippen LogP contribution in [0.25, 0.3) is 0 Å². The Morgan fingerprint density at radius 1 is 0.314 bits per heavy atom. The van der Waals surface area contributed by atoms with Crippen molar-refractivity contribution < 1.29 is 80.2 Å². The molecule has 0 bridgehead atoms. The van der Waals surface area contributed by atoms with Crippen molar-refractivity contribution in [2.45, 2.75) is 452 Å².